The lowest BCUT2D eigenvalue weighted by molar-refractivity contribution is -0.138. The van der Waals surface area contributed by atoms with Gasteiger partial charge in [-0.25, -0.2) is 0 Å². The molecule has 1 aliphatic rings. The number of aliphatic hydroxyl groups is 1. The van der Waals surface area contributed by atoms with E-state index < -0.39 is 12.0 Å². The van der Waals surface area contributed by atoms with Gasteiger partial charge in [-0.2, -0.15) is 0 Å². The molecule has 15 heavy (non-hydrogen) atoms. The molecule has 0 saturated carbocycles. The molecule has 1 heterocycles. The Bertz CT molecular complexity index is 156. The van der Waals surface area contributed by atoms with Gasteiger partial charge in [0.2, 0.25) is 0 Å². The summed E-state index contributed by atoms with van der Waals surface area (Å²) in [7, 11) is 0. The summed E-state index contributed by atoms with van der Waals surface area (Å²) in [5.74, 6) is -1.05. The molecule has 1 fully saturated rings. The van der Waals surface area contributed by atoms with E-state index in [2.05, 4.69) is 5.32 Å². The van der Waals surface area contributed by atoms with Crippen molar-refractivity contribution in [3.8, 4) is 0 Å². The van der Waals surface area contributed by atoms with Crippen LogP contribution in [0.5, 0.6) is 0 Å². The molecule has 1 saturated heterocycles. The largest absolute Gasteiger partial charge is 0.480 e. The molecule has 0 aromatic heterocycles. The smallest absolute Gasteiger partial charge is 0.321 e. The summed E-state index contributed by atoms with van der Waals surface area (Å²) in [5.41, 5.74) is 9.76. The van der Waals surface area contributed by atoms with Crippen LogP contribution in [0.1, 0.15) is 6.42 Å². The molecule has 2 atom stereocenters. The van der Waals surface area contributed by atoms with Crippen LogP contribution in [0.3, 0.4) is 0 Å². The van der Waals surface area contributed by atoms with Gasteiger partial charge in [0.25, 0.3) is 0 Å². The van der Waals surface area contributed by atoms with E-state index in [1.165, 1.54) is 0 Å². The zero-order valence-corrected chi connectivity index (χ0v) is 9.89. The molecule has 0 aromatic carbocycles. The Balaban J connectivity index is -0.000000170. The molecule has 0 bridgehead atoms. The number of hydrogen-bond acceptors (Lipinski definition) is 5. The monoisotopic (exact) mass is 263 g/mol. The molecule has 0 spiro atoms. The first-order valence-electron chi connectivity index (χ1n) is 4.15. The lowest BCUT2D eigenvalue weighted by Gasteiger charge is -1.97. The summed E-state index contributed by atoms with van der Waals surface area (Å²) in [4.78, 5) is 9.73. The molecule has 1 rings (SSSR count). The van der Waals surface area contributed by atoms with E-state index >= 15 is 0 Å². The maximum absolute atomic E-state index is 9.73. The van der Waals surface area contributed by atoms with Crippen molar-refractivity contribution in [3.63, 3.8) is 0 Å². The maximum Gasteiger partial charge on any atom is 0.321 e. The quantitative estimate of drug-likeness (QED) is 0.415. The number of halogens is 2. The Morgan fingerprint density at radius 1 is 1.53 bits per heavy atom. The number of hydrogen-bond donors (Lipinski definition) is 5. The third-order valence-corrected chi connectivity index (χ3v) is 1.61. The minimum Gasteiger partial charge on any atom is -0.480 e. The highest BCUT2D eigenvalue weighted by molar-refractivity contribution is 5.85. The first kappa shape index (κ1) is 20.3. The number of nitrogens with two attached hydrogens (primary N) is 2. The van der Waals surface area contributed by atoms with Gasteiger partial charge < -0.3 is 27.0 Å². The zero-order valence-electron chi connectivity index (χ0n) is 8.26. The molecule has 0 aromatic rings. The van der Waals surface area contributed by atoms with Crippen LogP contribution in [-0.2, 0) is 4.79 Å². The second-order valence-electron chi connectivity index (χ2n) is 2.83. The summed E-state index contributed by atoms with van der Waals surface area (Å²) >= 11 is 0. The number of carboxylic acid groups (broad SMARTS) is 1. The number of carboxylic acids is 1. The van der Waals surface area contributed by atoms with Crippen molar-refractivity contribution < 1.29 is 15.0 Å². The van der Waals surface area contributed by atoms with Gasteiger partial charge in [-0.3, -0.25) is 4.79 Å². The summed E-state index contributed by atoms with van der Waals surface area (Å²) < 4.78 is 0. The van der Waals surface area contributed by atoms with Crippen LogP contribution in [0.4, 0.5) is 0 Å². The van der Waals surface area contributed by atoms with Gasteiger partial charge in [-0.1, -0.05) is 0 Å². The molecule has 7 N–H and O–H groups in total. The van der Waals surface area contributed by atoms with Crippen molar-refractivity contribution >= 4 is 30.8 Å². The second kappa shape index (κ2) is 12.0. The number of carbonyl (C=O) groups is 1. The van der Waals surface area contributed by atoms with Crippen molar-refractivity contribution in [1.82, 2.24) is 5.32 Å². The molecule has 0 radical (unpaired) electrons. The van der Waals surface area contributed by atoms with Gasteiger partial charge in [-0.05, 0) is 13.0 Å². The van der Waals surface area contributed by atoms with Crippen LogP contribution in [-0.4, -0.2) is 48.0 Å². The van der Waals surface area contributed by atoms with Gasteiger partial charge in [0, 0.05) is 13.1 Å². The fraction of sp³-hybridized carbons (Fsp3) is 0.857. The molecule has 6 nitrogen and oxygen atoms in total. The Morgan fingerprint density at radius 2 is 2.07 bits per heavy atom. The predicted molar refractivity (Wildman–Crippen MR) is 62.7 cm³/mol. The van der Waals surface area contributed by atoms with Gasteiger partial charge in [0.05, 0.1) is 6.10 Å². The van der Waals surface area contributed by atoms with Crippen molar-refractivity contribution in [3.05, 3.63) is 0 Å². The van der Waals surface area contributed by atoms with E-state index in [1.807, 2.05) is 0 Å². The topological polar surface area (TPSA) is 122 Å². The minimum atomic E-state index is -1.05. The average molecular weight is 264 g/mol. The summed E-state index contributed by atoms with van der Waals surface area (Å²) in [5, 5.41) is 19.7. The van der Waals surface area contributed by atoms with E-state index in [4.69, 9.17) is 21.7 Å². The minimum absolute atomic E-state index is 0. The molecule has 0 amide bonds. The fourth-order valence-corrected chi connectivity index (χ4v) is 0.740. The number of β-amino-alcohol motifs (C(OH)–C–C–N with tert-alkyl or cyclic N) is 1. The van der Waals surface area contributed by atoms with Crippen LogP contribution in [0.15, 0.2) is 0 Å². The Kier molecular flexibility index (Phi) is 16.2. The van der Waals surface area contributed by atoms with Gasteiger partial charge in [0.1, 0.15) is 6.04 Å². The third-order valence-electron chi connectivity index (χ3n) is 1.61. The number of nitrogens with one attached hydrogen (secondary N) is 1. The van der Waals surface area contributed by atoms with E-state index in [1.54, 1.807) is 0 Å². The summed E-state index contributed by atoms with van der Waals surface area (Å²) in [6.07, 6.45) is 0.866. The molecule has 1 unspecified atom stereocenters. The molecule has 1 aliphatic heterocycles. The standard InChI is InChI=1S/C4H9NO.C3H8N2O2.2ClH/c6-4-1-2-5-3-4;4-1-2(5)3(6)7;;/h4-6H,1-3H2;2H,1,4-5H2,(H,6,7);2*1H/t4-;;;/m1.../s1. The lowest BCUT2D eigenvalue weighted by Crippen LogP contribution is -2.37. The van der Waals surface area contributed by atoms with Crippen LogP contribution >= 0.6 is 24.8 Å². The Morgan fingerprint density at radius 3 is 2.13 bits per heavy atom. The van der Waals surface area contributed by atoms with Crippen LogP contribution < -0.4 is 16.8 Å². The van der Waals surface area contributed by atoms with E-state index in [0.29, 0.717) is 0 Å². The highest BCUT2D eigenvalue weighted by Crippen LogP contribution is 1.93. The first-order valence-corrected chi connectivity index (χ1v) is 4.15. The predicted octanol–water partition coefficient (Wildman–Crippen LogP) is -1.46. The van der Waals surface area contributed by atoms with Crippen molar-refractivity contribution in [2.24, 2.45) is 11.5 Å². The van der Waals surface area contributed by atoms with Crippen LogP contribution in [0.2, 0.25) is 0 Å². The second-order valence-corrected chi connectivity index (χ2v) is 2.83. The number of rotatable bonds is 2. The Hall–Kier alpha value is -0.110. The number of aliphatic carboxylic acids is 1. The van der Waals surface area contributed by atoms with Crippen molar-refractivity contribution in [1.29, 1.82) is 0 Å². The molecule has 0 aliphatic carbocycles. The van der Waals surface area contributed by atoms with Crippen LogP contribution in [0, 0.1) is 0 Å². The van der Waals surface area contributed by atoms with Crippen LogP contribution in [0.25, 0.3) is 0 Å². The average Bonchev–Trinajstić information content (AvgIpc) is 2.55. The lowest BCUT2D eigenvalue weighted by atomic mass is 10.3. The third kappa shape index (κ3) is 11.8. The normalized spacial score (nSPS) is 20.1. The highest BCUT2D eigenvalue weighted by atomic mass is 35.5. The molecular weight excluding hydrogens is 245 g/mol. The van der Waals surface area contributed by atoms with Crippen molar-refractivity contribution in [2.75, 3.05) is 19.6 Å². The fourth-order valence-electron chi connectivity index (χ4n) is 0.740. The van der Waals surface area contributed by atoms with Gasteiger partial charge in [0.15, 0.2) is 0 Å². The molecule has 94 valence electrons. The molecule has 8 heteroatoms. The maximum atomic E-state index is 9.73. The van der Waals surface area contributed by atoms with Crippen molar-refractivity contribution in [2.45, 2.75) is 18.6 Å². The number of aliphatic hydroxyl groups excluding tert-OH is 1. The summed E-state index contributed by atoms with van der Waals surface area (Å²) in [6, 6.07) is -0.903. The van der Waals surface area contributed by atoms with E-state index in [-0.39, 0.29) is 37.5 Å². The van der Waals surface area contributed by atoms with Gasteiger partial charge in [-0.15, -0.1) is 24.8 Å². The highest BCUT2D eigenvalue weighted by Gasteiger charge is 2.08. The van der Waals surface area contributed by atoms with E-state index in [0.717, 1.165) is 19.5 Å². The summed E-state index contributed by atoms with van der Waals surface area (Å²) in [6.45, 7) is 1.77. The zero-order chi connectivity index (χ0) is 10.3. The SMILES string of the molecule is Cl.Cl.NCC(N)C(=O)O.O[C@@H]1CCNC1. The molecular formula is C7H19Cl2N3O3. The van der Waals surface area contributed by atoms with E-state index in [9.17, 15) is 4.79 Å². The first-order chi connectivity index (χ1) is 6.07. The Labute approximate surface area is 101 Å². The van der Waals surface area contributed by atoms with Gasteiger partial charge >= 0.3 is 5.97 Å².